The molecule has 2 aromatic carbocycles. The van der Waals surface area contributed by atoms with Gasteiger partial charge in [-0.15, -0.1) is 0 Å². The number of para-hydroxylation sites is 1. The molecular formula is C22H20ClN3O. The maximum absolute atomic E-state index is 12.7. The summed E-state index contributed by atoms with van der Waals surface area (Å²) in [4.78, 5) is 17.6. The minimum Gasteiger partial charge on any atom is -0.294 e. The minimum atomic E-state index is -0.306. The van der Waals surface area contributed by atoms with Crippen LogP contribution < -0.4 is 0 Å². The van der Waals surface area contributed by atoms with Crippen molar-refractivity contribution in [3.63, 3.8) is 0 Å². The quantitative estimate of drug-likeness (QED) is 0.581. The van der Waals surface area contributed by atoms with Gasteiger partial charge in [0.1, 0.15) is 0 Å². The number of hydrogen-bond acceptors (Lipinski definition) is 3. The van der Waals surface area contributed by atoms with Crippen molar-refractivity contribution in [1.29, 1.82) is 0 Å². The number of nitrogens with zero attached hydrogens (tertiary/aromatic N) is 3. The number of ketones is 1. The Labute approximate surface area is 163 Å². The van der Waals surface area contributed by atoms with Gasteiger partial charge in [-0.3, -0.25) is 9.79 Å². The SMILES string of the molecule is CC1(C)CC(=O)c2cnn(-c3ccccc3)c2C1N=Cc1ccc(Cl)cc1. The largest absolute Gasteiger partial charge is 0.294 e. The zero-order chi connectivity index (χ0) is 19.0. The second-order valence-corrected chi connectivity index (χ2v) is 7.95. The summed E-state index contributed by atoms with van der Waals surface area (Å²) in [6.45, 7) is 4.17. The Morgan fingerprint density at radius 3 is 2.56 bits per heavy atom. The van der Waals surface area contributed by atoms with Gasteiger partial charge in [0.2, 0.25) is 0 Å². The summed E-state index contributed by atoms with van der Waals surface area (Å²) in [5.74, 6) is 0.120. The molecule has 0 N–H and O–H groups in total. The molecule has 27 heavy (non-hydrogen) atoms. The zero-order valence-corrected chi connectivity index (χ0v) is 16.0. The predicted molar refractivity (Wildman–Crippen MR) is 108 cm³/mol. The van der Waals surface area contributed by atoms with Crippen LogP contribution in [0.15, 0.2) is 65.8 Å². The van der Waals surface area contributed by atoms with E-state index in [1.54, 1.807) is 6.20 Å². The molecule has 4 rings (SSSR count). The molecule has 0 saturated carbocycles. The first-order chi connectivity index (χ1) is 13.0. The van der Waals surface area contributed by atoms with Crippen LogP contribution in [0.4, 0.5) is 0 Å². The van der Waals surface area contributed by atoms with Crippen molar-refractivity contribution in [3.8, 4) is 5.69 Å². The van der Waals surface area contributed by atoms with Crippen LogP contribution in [0.1, 0.15) is 47.9 Å². The molecule has 1 aromatic heterocycles. The van der Waals surface area contributed by atoms with Crippen molar-refractivity contribution in [2.75, 3.05) is 0 Å². The average Bonchev–Trinajstić information content (AvgIpc) is 3.08. The molecule has 1 aliphatic rings. The highest BCUT2D eigenvalue weighted by molar-refractivity contribution is 6.30. The number of Topliss-reactive ketones (excluding diaryl/α,β-unsaturated/α-hetero) is 1. The zero-order valence-electron chi connectivity index (χ0n) is 15.3. The van der Waals surface area contributed by atoms with Gasteiger partial charge < -0.3 is 0 Å². The molecule has 5 heteroatoms. The van der Waals surface area contributed by atoms with Crippen molar-refractivity contribution in [3.05, 3.63) is 82.6 Å². The minimum absolute atomic E-state index is 0.120. The molecule has 0 bridgehead atoms. The van der Waals surface area contributed by atoms with Crippen LogP contribution in [0.5, 0.6) is 0 Å². The van der Waals surface area contributed by atoms with E-state index in [0.29, 0.717) is 17.0 Å². The standard InChI is InChI=1S/C22H20ClN3O/c1-22(2)12-19(27)18-14-25-26(17-6-4-3-5-7-17)20(18)21(22)24-13-15-8-10-16(23)11-9-15/h3-11,13-14,21H,12H2,1-2H3. The monoisotopic (exact) mass is 377 g/mol. The molecule has 0 saturated heterocycles. The highest BCUT2D eigenvalue weighted by atomic mass is 35.5. The van der Waals surface area contributed by atoms with Crippen LogP contribution in [-0.4, -0.2) is 21.8 Å². The Morgan fingerprint density at radius 2 is 1.85 bits per heavy atom. The molecule has 1 heterocycles. The Kier molecular flexibility index (Phi) is 4.44. The predicted octanol–water partition coefficient (Wildman–Crippen LogP) is 5.30. The van der Waals surface area contributed by atoms with Gasteiger partial charge in [-0.05, 0) is 29.8 Å². The number of halogens is 1. The lowest BCUT2D eigenvalue weighted by molar-refractivity contribution is 0.0884. The van der Waals surface area contributed by atoms with Gasteiger partial charge in [0, 0.05) is 23.1 Å². The maximum atomic E-state index is 12.7. The number of aliphatic imine (C=N–C) groups is 1. The molecule has 4 nitrogen and oxygen atoms in total. The summed E-state index contributed by atoms with van der Waals surface area (Å²) in [5, 5.41) is 5.20. The van der Waals surface area contributed by atoms with E-state index in [0.717, 1.165) is 16.9 Å². The van der Waals surface area contributed by atoms with E-state index in [4.69, 9.17) is 16.6 Å². The van der Waals surface area contributed by atoms with Gasteiger partial charge in [-0.25, -0.2) is 4.68 Å². The summed E-state index contributed by atoms with van der Waals surface area (Å²) in [6, 6.07) is 17.2. The third kappa shape index (κ3) is 3.33. The molecule has 0 radical (unpaired) electrons. The third-order valence-corrected chi connectivity index (χ3v) is 5.22. The third-order valence-electron chi connectivity index (χ3n) is 4.97. The molecular weight excluding hydrogens is 358 g/mol. The second-order valence-electron chi connectivity index (χ2n) is 7.51. The average molecular weight is 378 g/mol. The summed E-state index contributed by atoms with van der Waals surface area (Å²) in [7, 11) is 0. The van der Waals surface area contributed by atoms with Gasteiger partial charge in [-0.1, -0.05) is 55.8 Å². The Hall–Kier alpha value is -2.72. The van der Waals surface area contributed by atoms with Crippen molar-refractivity contribution in [2.45, 2.75) is 26.3 Å². The molecule has 3 aromatic rings. The van der Waals surface area contributed by atoms with Crippen molar-refractivity contribution < 1.29 is 4.79 Å². The number of fused-ring (bicyclic) bond motifs is 1. The van der Waals surface area contributed by atoms with Crippen molar-refractivity contribution >= 4 is 23.6 Å². The molecule has 136 valence electrons. The van der Waals surface area contributed by atoms with Gasteiger partial charge in [0.15, 0.2) is 5.78 Å². The molecule has 1 unspecified atom stereocenters. The fourth-order valence-corrected chi connectivity index (χ4v) is 3.69. The molecule has 0 aliphatic heterocycles. The molecule has 1 aliphatic carbocycles. The van der Waals surface area contributed by atoms with E-state index in [9.17, 15) is 4.79 Å². The fourth-order valence-electron chi connectivity index (χ4n) is 3.57. The smallest absolute Gasteiger partial charge is 0.167 e. The van der Waals surface area contributed by atoms with Crippen LogP contribution in [0.25, 0.3) is 5.69 Å². The fraction of sp³-hybridized carbons (Fsp3) is 0.227. The number of hydrogen-bond donors (Lipinski definition) is 0. The first-order valence-electron chi connectivity index (χ1n) is 8.91. The van der Waals surface area contributed by atoms with Crippen LogP contribution in [0.3, 0.4) is 0 Å². The molecule has 0 spiro atoms. The first-order valence-corrected chi connectivity index (χ1v) is 9.29. The van der Waals surface area contributed by atoms with E-state index >= 15 is 0 Å². The molecule has 0 amide bonds. The lowest BCUT2D eigenvalue weighted by Gasteiger charge is -2.35. The van der Waals surface area contributed by atoms with Crippen LogP contribution >= 0.6 is 11.6 Å². The van der Waals surface area contributed by atoms with Crippen LogP contribution in [0.2, 0.25) is 5.02 Å². The van der Waals surface area contributed by atoms with Gasteiger partial charge in [0.05, 0.1) is 29.2 Å². The summed E-state index contributed by atoms with van der Waals surface area (Å²) < 4.78 is 1.85. The Balaban J connectivity index is 1.81. The lowest BCUT2D eigenvalue weighted by atomic mass is 9.72. The van der Waals surface area contributed by atoms with E-state index in [1.807, 2.05) is 65.5 Å². The number of carbonyl (C=O) groups is 1. The highest BCUT2D eigenvalue weighted by Gasteiger charge is 2.42. The Morgan fingerprint density at radius 1 is 1.15 bits per heavy atom. The number of rotatable bonds is 3. The summed E-state index contributed by atoms with van der Waals surface area (Å²) >= 11 is 5.97. The van der Waals surface area contributed by atoms with Gasteiger partial charge >= 0.3 is 0 Å². The summed E-state index contributed by atoms with van der Waals surface area (Å²) in [5.41, 5.74) is 3.11. The summed E-state index contributed by atoms with van der Waals surface area (Å²) in [6.07, 6.45) is 3.97. The normalized spacial score (nSPS) is 18.6. The van der Waals surface area contributed by atoms with E-state index in [-0.39, 0.29) is 17.2 Å². The topological polar surface area (TPSA) is 47.2 Å². The highest BCUT2D eigenvalue weighted by Crippen LogP contribution is 2.46. The number of aromatic nitrogens is 2. The van der Waals surface area contributed by atoms with E-state index < -0.39 is 0 Å². The van der Waals surface area contributed by atoms with Gasteiger partial charge in [0.25, 0.3) is 0 Å². The van der Waals surface area contributed by atoms with Crippen molar-refractivity contribution in [2.24, 2.45) is 10.4 Å². The lowest BCUT2D eigenvalue weighted by Crippen LogP contribution is -2.32. The van der Waals surface area contributed by atoms with E-state index in [1.165, 1.54) is 0 Å². The van der Waals surface area contributed by atoms with Crippen molar-refractivity contribution in [1.82, 2.24) is 9.78 Å². The number of carbonyl (C=O) groups excluding carboxylic acids is 1. The first kappa shape index (κ1) is 17.7. The Bertz CT molecular complexity index is 1000. The number of benzene rings is 2. The van der Waals surface area contributed by atoms with E-state index in [2.05, 4.69) is 18.9 Å². The van der Waals surface area contributed by atoms with Gasteiger partial charge in [-0.2, -0.15) is 5.10 Å². The molecule has 1 atom stereocenters. The maximum Gasteiger partial charge on any atom is 0.167 e. The van der Waals surface area contributed by atoms with Crippen LogP contribution in [-0.2, 0) is 0 Å². The molecule has 0 fully saturated rings. The van der Waals surface area contributed by atoms with Crippen LogP contribution in [0, 0.1) is 5.41 Å². The second kappa shape index (κ2) is 6.78.